The number of anilines is 1. The average molecular weight is 340 g/mol. The van der Waals surface area contributed by atoms with Crippen LogP contribution in [-0.4, -0.2) is 9.97 Å². The van der Waals surface area contributed by atoms with Gasteiger partial charge in [-0.25, -0.2) is 14.4 Å². The van der Waals surface area contributed by atoms with Crippen LogP contribution in [0.5, 0.6) is 0 Å². The highest BCUT2D eigenvalue weighted by Crippen LogP contribution is 2.36. The van der Waals surface area contributed by atoms with Crippen LogP contribution in [0.2, 0.25) is 10.0 Å². The SMILES string of the molecule is Nc1ncccc1-c1nc(-c2cc(F)c(Cl)cc2Cl)cs1. The van der Waals surface area contributed by atoms with Crippen LogP contribution in [0.4, 0.5) is 10.2 Å². The molecule has 0 aliphatic heterocycles. The van der Waals surface area contributed by atoms with Gasteiger partial charge in [0.05, 0.1) is 21.3 Å². The summed E-state index contributed by atoms with van der Waals surface area (Å²) in [6, 6.07) is 6.25. The molecule has 0 saturated heterocycles. The number of rotatable bonds is 2. The highest BCUT2D eigenvalue weighted by Gasteiger charge is 2.14. The van der Waals surface area contributed by atoms with E-state index in [0.717, 1.165) is 5.56 Å². The topological polar surface area (TPSA) is 51.8 Å². The van der Waals surface area contributed by atoms with Gasteiger partial charge in [-0.1, -0.05) is 23.2 Å². The molecule has 106 valence electrons. The van der Waals surface area contributed by atoms with E-state index in [-0.39, 0.29) is 5.02 Å². The highest BCUT2D eigenvalue weighted by atomic mass is 35.5. The fourth-order valence-electron chi connectivity index (χ4n) is 1.84. The summed E-state index contributed by atoms with van der Waals surface area (Å²) in [5.41, 5.74) is 7.62. The van der Waals surface area contributed by atoms with Gasteiger partial charge in [0.25, 0.3) is 0 Å². The summed E-state index contributed by atoms with van der Waals surface area (Å²) in [5.74, 6) is -0.140. The Morgan fingerprint density at radius 3 is 2.71 bits per heavy atom. The molecule has 3 aromatic rings. The Morgan fingerprint density at radius 2 is 1.95 bits per heavy atom. The molecule has 21 heavy (non-hydrogen) atoms. The van der Waals surface area contributed by atoms with Crippen molar-refractivity contribution in [2.75, 3.05) is 5.73 Å². The fraction of sp³-hybridized carbons (Fsp3) is 0. The second-order valence-corrected chi connectivity index (χ2v) is 5.89. The van der Waals surface area contributed by atoms with E-state index in [1.54, 1.807) is 17.6 Å². The van der Waals surface area contributed by atoms with Crippen LogP contribution in [0.15, 0.2) is 35.8 Å². The lowest BCUT2D eigenvalue weighted by atomic mass is 10.1. The number of nitrogens with zero attached hydrogens (tertiary/aromatic N) is 2. The number of halogens is 3. The zero-order valence-electron chi connectivity index (χ0n) is 10.5. The molecule has 0 unspecified atom stereocenters. The molecule has 2 aromatic heterocycles. The molecule has 2 N–H and O–H groups in total. The van der Waals surface area contributed by atoms with E-state index in [2.05, 4.69) is 9.97 Å². The second-order valence-electron chi connectivity index (χ2n) is 4.22. The van der Waals surface area contributed by atoms with Gasteiger partial charge < -0.3 is 5.73 Å². The van der Waals surface area contributed by atoms with Gasteiger partial charge in [0.15, 0.2) is 0 Å². The number of hydrogen-bond donors (Lipinski definition) is 1. The van der Waals surface area contributed by atoms with Crippen molar-refractivity contribution in [2.24, 2.45) is 0 Å². The maximum absolute atomic E-state index is 13.6. The molecule has 0 fully saturated rings. The van der Waals surface area contributed by atoms with Gasteiger partial charge in [-0.15, -0.1) is 11.3 Å². The summed E-state index contributed by atoms with van der Waals surface area (Å²) in [6.45, 7) is 0. The van der Waals surface area contributed by atoms with Gasteiger partial charge >= 0.3 is 0 Å². The van der Waals surface area contributed by atoms with E-state index in [9.17, 15) is 4.39 Å². The minimum Gasteiger partial charge on any atom is -0.383 e. The molecule has 7 heteroatoms. The molecule has 0 aliphatic carbocycles. The van der Waals surface area contributed by atoms with Gasteiger partial charge in [-0.3, -0.25) is 0 Å². The monoisotopic (exact) mass is 339 g/mol. The largest absolute Gasteiger partial charge is 0.383 e. The van der Waals surface area contributed by atoms with Gasteiger partial charge in [0, 0.05) is 17.1 Å². The van der Waals surface area contributed by atoms with E-state index in [1.165, 1.54) is 23.5 Å². The molecule has 3 rings (SSSR count). The van der Waals surface area contributed by atoms with E-state index in [4.69, 9.17) is 28.9 Å². The Labute approximate surface area is 134 Å². The smallest absolute Gasteiger partial charge is 0.142 e. The van der Waals surface area contributed by atoms with E-state index < -0.39 is 5.82 Å². The van der Waals surface area contributed by atoms with Crippen molar-refractivity contribution in [1.82, 2.24) is 9.97 Å². The molecule has 0 amide bonds. The normalized spacial score (nSPS) is 10.8. The van der Waals surface area contributed by atoms with Crippen molar-refractivity contribution >= 4 is 40.4 Å². The molecule has 1 aromatic carbocycles. The molecule has 0 spiro atoms. The summed E-state index contributed by atoms with van der Waals surface area (Å²) in [4.78, 5) is 8.47. The summed E-state index contributed by atoms with van der Waals surface area (Å²) in [5, 5.41) is 2.81. The molecule has 2 heterocycles. The minimum absolute atomic E-state index is 0.0179. The maximum atomic E-state index is 13.6. The second kappa shape index (κ2) is 5.60. The van der Waals surface area contributed by atoms with Gasteiger partial charge in [-0.05, 0) is 24.3 Å². The maximum Gasteiger partial charge on any atom is 0.142 e. The lowest BCUT2D eigenvalue weighted by Gasteiger charge is -2.03. The van der Waals surface area contributed by atoms with Crippen LogP contribution in [0.1, 0.15) is 0 Å². The number of nitrogen functional groups attached to an aromatic ring is 1. The lowest BCUT2D eigenvalue weighted by molar-refractivity contribution is 0.629. The quantitative estimate of drug-likeness (QED) is 0.675. The van der Waals surface area contributed by atoms with Crippen LogP contribution in [0.3, 0.4) is 0 Å². The zero-order chi connectivity index (χ0) is 15.0. The van der Waals surface area contributed by atoms with Crippen molar-refractivity contribution in [3.05, 3.63) is 51.7 Å². The molecule has 0 atom stereocenters. The minimum atomic E-state index is -0.536. The van der Waals surface area contributed by atoms with E-state index >= 15 is 0 Å². The molecular formula is C14H8Cl2FN3S. The fourth-order valence-corrected chi connectivity index (χ4v) is 3.17. The third-order valence-corrected chi connectivity index (χ3v) is 4.34. The molecule has 0 bridgehead atoms. The van der Waals surface area contributed by atoms with Crippen molar-refractivity contribution in [1.29, 1.82) is 0 Å². The van der Waals surface area contributed by atoms with Gasteiger partial charge in [0.2, 0.25) is 0 Å². The van der Waals surface area contributed by atoms with Crippen molar-refractivity contribution in [3.8, 4) is 21.8 Å². The first kappa shape index (κ1) is 14.3. The molecule has 3 nitrogen and oxygen atoms in total. The third-order valence-electron chi connectivity index (χ3n) is 2.86. The average Bonchev–Trinajstić information content (AvgIpc) is 2.92. The van der Waals surface area contributed by atoms with Crippen molar-refractivity contribution in [2.45, 2.75) is 0 Å². The van der Waals surface area contributed by atoms with E-state index in [1.807, 2.05) is 6.07 Å². The summed E-state index contributed by atoms with van der Waals surface area (Å²) < 4.78 is 13.6. The first-order valence-corrected chi connectivity index (χ1v) is 7.51. The number of benzene rings is 1. The van der Waals surface area contributed by atoms with Crippen LogP contribution >= 0.6 is 34.5 Å². The Hall–Kier alpha value is -1.69. The number of pyridine rings is 1. The Kier molecular flexibility index (Phi) is 3.80. The Balaban J connectivity index is 2.07. The highest BCUT2D eigenvalue weighted by molar-refractivity contribution is 7.13. The predicted molar refractivity (Wildman–Crippen MR) is 85.2 cm³/mol. The summed E-state index contributed by atoms with van der Waals surface area (Å²) >= 11 is 13.2. The van der Waals surface area contributed by atoms with Crippen LogP contribution < -0.4 is 5.73 Å². The first-order valence-electron chi connectivity index (χ1n) is 5.87. The standard InChI is InChI=1S/C14H8Cl2FN3S/c15-9-5-10(16)11(17)4-8(9)12-6-21-14(20-12)7-2-1-3-19-13(7)18/h1-6H,(H2,18,19). The molecule has 0 saturated carbocycles. The number of hydrogen-bond acceptors (Lipinski definition) is 4. The van der Waals surface area contributed by atoms with Gasteiger partial charge in [0.1, 0.15) is 16.6 Å². The van der Waals surface area contributed by atoms with Crippen LogP contribution in [0, 0.1) is 5.82 Å². The summed E-state index contributed by atoms with van der Waals surface area (Å²) in [6.07, 6.45) is 1.61. The Morgan fingerprint density at radius 1 is 1.14 bits per heavy atom. The number of thiazole rings is 1. The third kappa shape index (κ3) is 2.72. The zero-order valence-corrected chi connectivity index (χ0v) is 12.8. The molecule has 0 radical (unpaired) electrons. The lowest BCUT2D eigenvalue weighted by Crippen LogP contribution is -1.92. The summed E-state index contributed by atoms with van der Waals surface area (Å²) in [7, 11) is 0. The van der Waals surface area contributed by atoms with Gasteiger partial charge in [-0.2, -0.15) is 0 Å². The molecule has 0 aliphatic rings. The van der Waals surface area contributed by atoms with Crippen molar-refractivity contribution in [3.63, 3.8) is 0 Å². The number of nitrogens with two attached hydrogens (primary N) is 1. The Bertz CT molecular complexity index is 820. The van der Waals surface area contributed by atoms with Crippen LogP contribution in [0.25, 0.3) is 21.8 Å². The molecular weight excluding hydrogens is 332 g/mol. The first-order chi connectivity index (χ1) is 10.1. The van der Waals surface area contributed by atoms with E-state index in [0.29, 0.717) is 27.1 Å². The van der Waals surface area contributed by atoms with Crippen LogP contribution in [-0.2, 0) is 0 Å². The number of aromatic nitrogens is 2. The van der Waals surface area contributed by atoms with Crippen molar-refractivity contribution < 1.29 is 4.39 Å². The predicted octanol–water partition coefficient (Wildman–Crippen LogP) is 4.90.